The van der Waals surface area contributed by atoms with Crippen molar-refractivity contribution in [2.45, 2.75) is 39.2 Å². The number of hydroxylamine groups is 1. The molecule has 0 spiro atoms. The van der Waals surface area contributed by atoms with Crippen molar-refractivity contribution < 1.29 is 23.9 Å². The molecule has 0 radical (unpaired) electrons. The first-order chi connectivity index (χ1) is 14.0. The van der Waals surface area contributed by atoms with Gasteiger partial charge in [-0.15, -0.1) is 0 Å². The van der Waals surface area contributed by atoms with Crippen molar-refractivity contribution >= 4 is 29.6 Å². The number of hydrogen-bond acceptors (Lipinski definition) is 6. The minimum absolute atomic E-state index is 0.0535. The van der Waals surface area contributed by atoms with Crippen molar-refractivity contribution in [2.24, 2.45) is 21.6 Å². The SMILES string of the molecule is CCCN=C(CC(C)CC(=O)OCC1=NC=[N+](OC)C1C(N)=O)c1ccccc1. The van der Waals surface area contributed by atoms with E-state index < -0.39 is 11.9 Å². The molecule has 2 N–H and O–H groups in total. The number of rotatable bonds is 11. The van der Waals surface area contributed by atoms with E-state index in [1.165, 1.54) is 18.2 Å². The fourth-order valence-corrected chi connectivity index (χ4v) is 3.02. The van der Waals surface area contributed by atoms with Crippen LogP contribution in [-0.2, 0) is 19.2 Å². The normalized spacial score (nSPS) is 17.3. The quantitative estimate of drug-likeness (QED) is 0.346. The Morgan fingerprint density at radius 3 is 2.62 bits per heavy atom. The van der Waals surface area contributed by atoms with Crippen LogP contribution in [0.25, 0.3) is 0 Å². The van der Waals surface area contributed by atoms with Gasteiger partial charge in [-0.05, 0) is 29.3 Å². The molecule has 2 rings (SSSR count). The van der Waals surface area contributed by atoms with Gasteiger partial charge in [0, 0.05) is 18.7 Å². The Bertz CT molecular complexity index is 802. The average Bonchev–Trinajstić information content (AvgIpc) is 3.13. The van der Waals surface area contributed by atoms with E-state index in [2.05, 4.69) is 16.9 Å². The van der Waals surface area contributed by atoms with Gasteiger partial charge in [-0.25, -0.2) is 0 Å². The predicted octanol–water partition coefficient (Wildman–Crippen LogP) is 1.76. The number of carbonyl (C=O) groups excluding carboxylic acids is 2. The molecular weight excluding hydrogens is 372 g/mol. The number of amides is 1. The molecule has 8 heteroatoms. The number of ether oxygens (including phenoxy) is 1. The lowest BCUT2D eigenvalue weighted by Gasteiger charge is -2.14. The Hall–Kier alpha value is -3.03. The second kappa shape index (κ2) is 11.1. The molecule has 8 nitrogen and oxygen atoms in total. The van der Waals surface area contributed by atoms with Crippen molar-refractivity contribution in [3.05, 3.63) is 35.9 Å². The van der Waals surface area contributed by atoms with Crippen LogP contribution < -0.4 is 5.73 Å². The van der Waals surface area contributed by atoms with Crippen LogP contribution in [-0.4, -0.2) is 60.7 Å². The maximum absolute atomic E-state index is 12.3. The van der Waals surface area contributed by atoms with Crippen LogP contribution in [0.15, 0.2) is 40.3 Å². The van der Waals surface area contributed by atoms with Gasteiger partial charge in [-0.1, -0.05) is 48.9 Å². The molecule has 1 aliphatic heterocycles. The Morgan fingerprint density at radius 1 is 1.28 bits per heavy atom. The molecule has 1 amide bonds. The van der Waals surface area contributed by atoms with Gasteiger partial charge in [-0.3, -0.25) is 14.6 Å². The molecule has 0 saturated carbocycles. The van der Waals surface area contributed by atoms with E-state index in [-0.39, 0.29) is 24.9 Å². The van der Waals surface area contributed by atoms with E-state index >= 15 is 0 Å². The van der Waals surface area contributed by atoms with Gasteiger partial charge in [0.15, 0.2) is 6.61 Å². The van der Waals surface area contributed by atoms with Crippen LogP contribution in [0.4, 0.5) is 0 Å². The van der Waals surface area contributed by atoms with Crippen LogP contribution in [0.3, 0.4) is 0 Å². The summed E-state index contributed by atoms with van der Waals surface area (Å²) < 4.78 is 6.55. The van der Waals surface area contributed by atoms with E-state index in [4.69, 9.17) is 15.3 Å². The summed E-state index contributed by atoms with van der Waals surface area (Å²) in [5, 5.41) is 0. The number of primary amides is 1. The van der Waals surface area contributed by atoms with E-state index in [9.17, 15) is 9.59 Å². The van der Waals surface area contributed by atoms with Crippen LogP contribution in [0, 0.1) is 5.92 Å². The molecule has 1 aliphatic rings. The molecule has 2 unspecified atom stereocenters. The lowest BCUT2D eigenvalue weighted by atomic mass is 9.96. The average molecular weight is 401 g/mol. The fraction of sp³-hybridized carbons (Fsp3) is 0.476. The number of hydrogen-bond donors (Lipinski definition) is 1. The zero-order chi connectivity index (χ0) is 21.2. The maximum atomic E-state index is 12.3. The number of carbonyl (C=O) groups is 2. The fourth-order valence-electron chi connectivity index (χ4n) is 3.02. The summed E-state index contributed by atoms with van der Waals surface area (Å²) in [5.74, 6) is -0.927. The van der Waals surface area contributed by atoms with Gasteiger partial charge >= 0.3 is 12.3 Å². The van der Waals surface area contributed by atoms with Gasteiger partial charge in [0.1, 0.15) is 7.11 Å². The third kappa shape index (κ3) is 6.51. The number of aliphatic imine (C=N–C) groups is 2. The summed E-state index contributed by atoms with van der Waals surface area (Å²) in [6.07, 6.45) is 3.22. The predicted molar refractivity (Wildman–Crippen MR) is 111 cm³/mol. The van der Waals surface area contributed by atoms with Gasteiger partial charge in [-0.2, -0.15) is 0 Å². The lowest BCUT2D eigenvalue weighted by molar-refractivity contribution is -0.780. The van der Waals surface area contributed by atoms with Crippen molar-refractivity contribution in [2.75, 3.05) is 20.3 Å². The molecule has 0 aromatic heterocycles. The van der Waals surface area contributed by atoms with Crippen molar-refractivity contribution in [1.29, 1.82) is 0 Å². The molecule has 1 aromatic rings. The van der Waals surface area contributed by atoms with Crippen molar-refractivity contribution in [1.82, 2.24) is 0 Å². The highest BCUT2D eigenvalue weighted by Gasteiger charge is 2.39. The molecule has 0 fully saturated rings. The largest absolute Gasteiger partial charge is 0.457 e. The zero-order valence-electron chi connectivity index (χ0n) is 17.2. The molecule has 0 bridgehead atoms. The molecular formula is C21H29N4O4+. The van der Waals surface area contributed by atoms with E-state index in [0.717, 1.165) is 24.2 Å². The second-order valence-electron chi connectivity index (χ2n) is 6.95. The molecule has 0 saturated heterocycles. The highest BCUT2D eigenvalue weighted by atomic mass is 16.7. The maximum Gasteiger partial charge on any atom is 0.321 e. The monoisotopic (exact) mass is 401 g/mol. The summed E-state index contributed by atoms with van der Waals surface area (Å²) in [6, 6.07) is 9.12. The molecule has 1 heterocycles. The summed E-state index contributed by atoms with van der Waals surface area (Å²) in [6.45, 7) is 4.72. The van der Waals surface area contributed by atoms with E-state index in [1.54, 1.807) is 0 Å². The number of esters is 1. The highest BCUT2D eigenvalue weighted by Crippen LogP contribution is 2.15. The minimum atomic E-state index is -0.865. The van der Waals surface area contributed by atoms with Crippen LogP contribution in [0.2, 0.25) is 0 Å². The third-order valence-corrected chi connectivity index (χ3v) is 4.46. The molecule has 0 aliphatic carbocycles. The third-order valence-electron chi connectivity index (χ3n) is 4.46. The first-order valence-electron chi connectivity index (χ1n) is 9.72. The summed E-state index contributed by atoms with van der Waals surface area (Å²) in [5.41, 5.74) is 7.78. The summed E-state index contributed by atoms with van der Waals surface area (Å²) in [4.78, 5) is 37.6. The Kier molecular flexibility index (Phi) is 8.51. The molecule has 156 valence electrons. The lowest BCUT2D eigenvalue weighted by Crippen LogP contribution is -2.43. The second-order valence-corrected chi connectivity index (χ2v) is 6.95. The van der Waals surface area contributed by atoms with E-state index in [0.29, 0.717) is 12.1 Å². The smallest absolute Gasteiger partial charge is 0.321 e. The standard InChI is InChI=1S/C21H28N4O4/c1-4-10-23-17(16-8-6-5-7-9-16)11-15(2)12-19(26)29-13-18-20(21(22)27)25(28-3)14-24-18/h5-9,14-15,20H,4,10-13H2,1-3H3,(H-,22,27)/p+1. The topological polar surface area (TPSA) is 106 Å². The molecule has 2 atom stereocenters. The molecule has 1 aromatic carbocycles. The number of nitrogens with two attached hydrogens (primary N) is 1. The van der Waals surface area contributed by atoms with Gasteiger partial charge in [0.25, 0.3) is 11.9 Å². The summed E-state index contributed by atoms with van der Waals surface area (Å²) in [7, 11) is 1.41. The van der Waals surface area contributed by atoms with Crippen LogP contribution >= 0.6 is 0 Å². The first-order valence-corrected chi connectivity index (χ1v) is 9.72. The first kappa shape index (κ1) is 22.3. The number of nitrogens with zero attached hydrogens (tertiary/aromatic N) is 3. The van der Waals surface area contributed by atoms with Crippen molar-refractivity contribution in [3.8, 4) is 0 Å². The molecule has 29 heavy (non-hydrogen) atoms. The van der Waals surface area contributed by atoms with E-state index in [1.807, 2.05) is 37.3 Å². The van der Waals surface area contributed by atoms with Crippen LogP contribution in [0.1, 0.15) is 38.7 Å². The van der Waals surface area contributed by atoms with Crippen LogP contribution in [0.5, 0.6) is 0 Å². The van der Waals surface area contributed by atoms with Gasteiger partial charge < -0.3 is 15.3 Å². The summed E-state index contributed by atoms with van der Waals surface area (Å²) >= 11 is 0. The highest BCUT2D eigenvalue weighted by molar-refractivity contribution is 6.11. The van der Waals surface area contributed by atoms with Gasteiger partial charge in [0.05, 0.1) is 0 Å². The minimum Gasteiger partial charge on any atom is -0.457 e. The Morgan fingerprint density at radius 2 is 2.00 bits per heavy atom. The van der Waals surface area contributed by atoms with Gasteiger partial charge in [0.2, 0.25) is 5.71 Å². The zero-order valence-corrected chi connectivity index (χ0v) is 17.2. The number of benzene rings is 1. The van der Waals surface area contributed by atoms with Crippen molar-refractivity contribution in [3.63, 3.8) is 0 Å². The Balaban J connectivity index is 1.89. The Labute approximate surface area is 171 Å².